The van der Waals surface area contributed by atoms with Gasteiger partial charge in [0.2, 0.25) is 0 Å². The van der Waals surface area contributed by atoms with Crippen molar-refractivity contribution in [2.24, 2.45) is 11.3 Å². The van der Waals surface area contributed by atoms with E-state index in [-0.39, 0.29) is 5.91 Å². The Bertz CT molecular complexity index is 518. The van der Waals surface area contributed by atoms with E-state index >= 15 is 0 Å². The van der Waals surface area contributed by atoms with Crippen molar-refractivity contribution < 1.29 is 14.3 Å². The highest BCUT2D eigenvalue weighted by molar-refractivity contribution is 7.12. The quantitative estimate of drug-likeness (QED) is 0.858. The van der Waals surface area contributed by atoms with Crippen molar-refractivity contribution in [1.82, 2.24) is 4.90 Å². The van der Waals surface area contributed by atoms with Gasteiger partial charge in [-0.05, 0) is 48.6 Å². The Morgan fingerprint density at radius 2 is 2.23 bits per heavy atom. The van der Waals surface area contributed by atoms with E-state index in [0.29, 0.717) is 11.3 Å². The molecule has 22 heavy (non-hydrogen) atoms. The van der Waals surface area contributed by atoms with E-state index in [0.717, 1.165) is 62.6 Å². The Hall–Kier alpha value is -0.910. The molecule has 4 nitrogen and oxygen atoms in total. The molecular weight excluding hydrogens is 298 g/mol. The monoisotopic (exact) mass is 323 g/mol. The fraction of sp³-hybridized carbons (Fsp3) is 0.706. The number of thiophene rings is 1. The van der Waals surface area contributed by atoms with Crippen LogP contribution in [-0.4, -0.2) is 50.8 Å². The molecule has 0 aliphatic carbocycles. The predicted octanol–water partition coefficient (Wildman–Crippen LogP) is 2.96. The minimum Gasteiger partial charge on any atom is -0.384 e. The summed E-state index contributed by atoms with van der Waals surface area (Å²) in [5, 5.41) is 2.00. The van der Waals surface area contributed by atoms with E-state index in [2.05, 4.69) is 0 Å². The van der Waals surface area contributed by atoms with E-state index in [1.807, 2.05) is 23.3 Å². The molecule has 2 aliphatic rings. The molecule has 3 rings (SSSR count). The fourth-order valence-corrected chi connectivity index (χ4v) is 4.75. The summed E-state index contributed by atoms with van der Waals surface area (Å²) in [6, 6.07) is 2.02. The molecule has 2 saturated heterocycles. The van der Waals surface area contributed by atoms with Gasteiger partial charge in [0.25, 0.3) is 5.91 Å². The topological polar surface area (TPSA) is 38.8 Å². The third-order valence-electron chi connectivity index (χ3n) is 5.40. The number of piperidine rings is 1. The van der Waals surface area contributed by atoms with Gasteiger partial charge in [0, 0.05) is 32.7 Å². The first-order valence-corrected chi connectivity index (χ1v) is 8.94. The van der Waals surface area contributed by atoms with Gasteiger partial charge in [-0.2, -0.15) is 0 Å². The van der Waals surface area contributed by atoms with Gasteiger partial charge >= 0.3 is 0 Å². The number of likely N-dealkylation sites (tertiary alicyclic amines) is 1. The van der Waals surface area contributed by atoms with Crippen LogP contribution in [0.25, 0.3) is 0 Å². The lowest BCUT2D eigenvalue weighted by Gasteiger charge is -2.48. The first kappa shape index (κ1) is 16.0. The molecule has 122 valence electrons. The number of carbonyl (C=O) groups excluding carboxylic acids is 1. The Labute approximate surface area is 136 Å². The normalized spacial score (nSPS) is 24.6. The van der Waals surface area contributed by atoms with Crippen LogP contribution < -0.4 is 0 Å². The zero-order chi connectivity index (χ0) is 15.6. The van der Waals surface area contributed by atoms with Crippen LogP contribution in [0.15, 0.2) is 11.4 Å². The van der Waals surface area contributed by atoms with E-state index in [9.17, 15) is 4.79 Å². The molecular formula is C17H25NO3S. The van der Waals surface area contributed by atoms with Crippen molar-refractivity contribution in [3.05, 3.63) is 21.9 Å². The molecule has 1 atom stereocenters. The van der Waals surface area contributed by atoms with Crippen molar-refractivity contribution in [1.29, 1.82) is 0 Å². The molecule has 1 amide bonds. The summed E-state index contributed by atoms with van der Waals surface area (Å²) in [6.07, 6.45) is 3.24. The smallest absolute Gasteiger partial charge is 0.264 e. The lowest BCUT2D eigenvalue weighted by molar-refractivity contribution is -0.0912. The van der Waals surface area contributed by atoms with E-state index in [1.54, 1.807) is 18.4 Å². The van der Waals surface area contributed by atoms with Crippen molar-refractivity contribution in [3.63, 3.8) is 0 Å². The Balaban J connectivity index is 1.66. The van der Waals surface area contributed by atoms with E-state index in [4.69, 9.17) is 9.47 Å². The average Bonchev–Trinajstić information content (AvgIpc) is 2.96. The minimum absolute atomic E-state index is 0.206. The highest BCUT2D eigenvalue weighted by atomic mass is 32.1. The van der Waals surface area contributed by atoms with Gasteiger partial charge in [-0.1, -0.05) is 0 Å². The highest BCUT2D eigenvalue weighted by Crippen LogP contribution is 2.45. The SMILES string of the molecule is COCC1COCCC12CCN(C(=O)c1sccc1C)CC2. The molecule has 0 aromatic carbocycles. The van der Waals surface area contributed by atoms with Gasteiger partial charge in [-0.3, -0.25) is 4.79 Å². The first-order chi connectivity index (χ1) is 10.7. The number of aryl methyl sites for hydroxylation is 1. The van der Waals surface area contributed by atoms with Gasteiger partial charge in [0.05, 0.1) is 18.1 Å². The van der Waals surface area contributed by atoms with Crippen LogP contribution in [0.5, 0.6) is 0 Å². The molecule has 0 bridgehead atoms. The van der Waals surface area contributed by atoms with E-state index in [1.165, 1.54) is 0 Å². The second-order valence-corrected chi connectivity index (χ2v) is 7.48. The number of rotatable bonds is 3. The number of ether oxygens (including phenoxy) is 2. The maximum Gasteiger partial charge on any atom is 0.264 e. The van der Waals surface area contributed by atoms with Crippen LogP contribution in [0, 0.1) is 18.3 Å². The second kappa shape index (κ2) is 6.69. The summed E-state index contributed by atoms with van der Waals surface area (Å²) in [5.74, 6) is 0.671. The molecule has 0 saturated carbocycles. The van der Waals surface area contributed by atoms with Gasteiger partial charge < -0.3 is 14.4 Å². The molecule has 1 aromatic rings. The summed E-state index contributed by atoms with van der Waals surface area (Å²) in [7, 11) is 1.76. The molecule has 1 aromatic heterocycles. The van der Waals surface area contributed by atoms with Gasteiger partial charge in [-0.15, -0.1) is 11.3 Å². The zero-order valence-electron chi connectivity index (χ0n) is 13.5. The second-order valence-electron chi connectivity index (χ2n) is 6.56. The first-order valence-electron chi connectivity index (χ1n) is 8.06. The number of amides is 1. The van der Waals surface area contributed by atoms with Crippen LogP contribution >= 0.6 is 11.3 Å². The summed E-state index contributed by atoms with van der Waals surface area (Å²) < 4.78 is 11.1. The lowest BCUT2D eigenvalue weighted by Crippen LogP contribution is -2.50. The Morgan fingerprint density at radius 1 is 1.45 bits per heavy atom. The molecule has 1 unspecified atom stereocenters. The summed E-state index contributed by atoms with van der Waals surface area (Å²) in [5.41, 5.74) is 1.40. The molecule has 1 spiro atoms. The molecule has 2 fully saturated rings. The summed E-state index contributed by atoms with van der Waals surface area (Å²) >= 11 is 1.56. The number of hydrogen-bond donors (Lipinski definition) is 0. The third kappa shape index (κ3) is 2.94. The molecule has 3 heterocycles. The van der Waals surface area contributed by atoms with Crippen LogP contribution in [0.2, 0.25) is 0 Å². The molecule has 0 radical (unpaired) electrons. The molecule has 2 aliphatic heterocycles. The minimum atomic E-state index is 0.206. The summed E-state index contributed by atoms with van der Waals surface area (Å²) in [4.78, 5) is 15.6. The van der Waals surface area contributed by atoms with Crippen molar-refractivity contribution in [2.75, 3.05) is 40.0 Å². The maximum absolute atomic E-state index is 12.6. The third-order valence-corrected chi connectivity index (χ3v) is 6.40. The predicted molar refractivity (Wildman–Crippen MR) is 87.4 cm³/mol. The fourth-order valence-electron chi connectivity index (χ4n) is 3.86. The number of nitrogens with zero attached hydrogens (tertiary/aromatic N) is 1. The van der Waals surface area contributed by atoms with Crippen molar-refractivity contribution >= 4 is 17.2 Å². The van der Waals surface area contributed by atoms with E-state index < -0.39 is 0 Å². The van der Waals surface area contributed by atoms with Gasteiger partial charge in [0.15, 0.2) is 0 Å². The van der Waals surface area contributed by atoms with Crippen LogP contribution in [0.3, 0.4) is 0 Å². The number of methoxy groups -OCH3 is 1. The van der Waals surface area contributed by atoms with Crippen LogP contribution in [0.4, 0.5) is 0 Å². The van der Waals surface area contributed by atoms with Crippen LogP contribution in [-0.2, 0) is 9.47 Å². The molecule has 5 heteroatoms. The maximum atomic E-state index is 12.6. The summed E-state index contributed by atoms with van der Waals surface area (Å²) in [6.45, 7) is 6.14. The average molecular weight is 323 g/mol. The van der Waals surface area contributed by atoms with Gasteiger partial charge in [-0.25, -0.2) is 0 Å². The number of hydrogen-bond acceptors (Lipinski definition) is 4. The number of carbonyl (C=O) groups is 1. The van der Waals surface area contributed by atoms with Crippen molar-refractivity contribution in [2.45, 2.75) is 26.2 Å². The zero-order valence-corrected chi connectivity index (χ0v) is 14.3. The van der Waals surface area contributed by atoms with Crippen LogP contribution in [0.1, 0.15) is 34.5 Å². The highest BCUT2D eigenvalue weighted by Gasteiger charge is 2.44. The standard InChI is InChI=1S/C17H25NO3S/c1-13-3-10-22-15(13)16(19)18-7-4-17(5-8-18)6-9-21-12-14(17)11-20-2/h3,10,14H,4-9,11-12H2,1-2H3. The van der Waals surface area contributed by atoms with Gasteiger partial charge in [0.1, 0.15) is 0 Å². The molecule has 0 N–H and O–H groups in total. The largest absolute Gasteiger partial charge is 0.384 e. The lowest BCUT2D eigenvalue weighted by atomic mass is 9.66. The van der Waals surface area contributed by atoms with Crippen molar-refractivity contribution in [3.8, 4) is 0 Å². The Morgan fingerprint density at radius 3 is 2.86 bits per heavy atom. The Kier molecular flexibility index (Phi) is 4.85.